The van der Waals surface area contributed by atoms with Gasteiger partial charge in [0.2, 0.25) is 0 Å². The summed E-state index contributed by atoms with van der Waals surface area (Å²) in [5.74, 6) is -1.26. The molecular formula is C11H20N2O5. The zero-order valence-corrected chi connectivity index (χ0v) is 10.6. The molecule has 0 spiro atoms. The first-order valence-corrected chi connectivity index (χ1v) is 5.89. The number of aliphatic hydroxyl groups is 1. The first-order chi connectivity index (χ1) is 8.34. The van der Waals surface area contributed by atoms with Crippen LogP contribution in [0.15, 0.2) is 0 Å². The molecule has 104 valence electrons. The molecular weight excluding hydrogens is 240 g/mol. The highest BCUT2D eigenvalue weighted by atomic mass is 16.5. The molecule has 18 heavy (non-hydrogen) atoms. The van der Waals surface area contributed by atoms with Crippen molar-refractivity contribution in [1.82, 2.24) is 10.6 Å². The maximum atomic E-state index is 11.6. The zero-order chi connectivity index (χ0) is 13.8. The second kappa shape index (κ2) is 6.01. The Morgan fingerprint density at radius 3 is 2.67 bits per heavy atom. The first-order valence-electron chi connectivity index (χ1n) is 5.89. The Bertz CT molecular complexity index is 319. The molecule has 1 aliphatic heterocycles. The monoisotopic (exact) mass is 260 g/mol. The smallest absolute Gasteiger partial charge is 0.328 e. The third kappa shape index (κ3) is 4.50. The van der Waals surface area contributed by atoms with Crippen molar-refractivity contribution in [3.05, 3.63) is 0 Å². The van der Waals surface area contributed by atoms with Gasteiger partial charge in [-0.3, -0.25) is 0 Å². The molecule has 0 aromatic rings. The molecule has 1 unspecified atom stereocenters. The number of ether oxygens (including phenoxy) is 1. The van der Waals surface area contributed by atoms with Gasteiger partial charge in [0.05, 0.1) is 12.2 Å². The largest absolute Gasteiger partial charge is 0.480 e. The summed E-state index contributed by atoms with van der Waals surface area (Å²) in [6.45, 7) is 3.79. The van der Waals surface area contributed by atoms with Gasteiger partial charge in [0.15, 0.2) is 6.04 Å². The van der Waals surface area contributed by atoms with Gasteiger partial charge < -0.3 is 25.6 Å². The number of carboxylic acid groups (broad SMARTS) is 1. The van der Waals surface area contributed by atoms with E-state index in [1.165, 1.54) is 0 Å². The molecule has 1 rings (SSSR count). The number of urea groups is 1. The fourth-order valence-corrected chi connectivity index (χ4v) is 1.93. The molecule has 0 aromatic heterocycles. The predicted molar refractivity (Wildman–Crippen MR) is 63.2 cm³/mol. The van der Waals surface area contributed by atoms with Gasteiger partial charge in [-0.15, -0.1) is 0 Å². The van der Waals surface area contributed by atoms with Crippen LogP contribution in [0.3, 0.4) is 0 Å². The minimum absolute atomic E-state index is 0.0538. The lowest BCUT2D eigenvalue weighted by Crippen LogP contribution is -2.53. The highest BCUT2D eigenvalue weighted by molar-refractivity contribution is 5.82. The molecule has 0 aliphatic carbocycles. The van der Waals surface area contributed by atoms with E-state index in [-0.39, 0.29) is 11.6 Å². The second-order valence-electron chi connectivity index (χ2n) is 4.99. The van der Waals surface area contributed by atoms with Crippen molar-refractivity contribution >= 4 is 12.0 Å². The van der Waals surface area contributed by atoms with Crippen molar-refractivity contribution in [2.45, 2.75) is 44.4 Å². The molecule has 1 heterocycles. The van der Waals surface area contributed by atoms with Crippen LogP contribution in [-0.2, 0) is 9.53 Å². The van der Waals surface area contributed by atoms with Gasteiger partial charge in [0.25, 0.3) is 0 Å². The van der Waals surface area contributed by atoms with Crippen molar-refractivity contribution in [2.24, 2.45) is 0 Å². The normalized spacial score (nSPS) is 24.1. The highest BCUT2D eigenvalue weighted by Crippen LogP contribution is 2.23. The molecule has 2 amide bonds. The summed E-state index contributed by atoms with van der Waals surface area (Å²) < 4.78 is 5.51. The number of rotatable bonds is 4. The van der Waals surface area contributed by atoms with Gasteiger partial charge in [0, 0.05) is 12.6 Å². The van der Waals surface area contributed by atoms with Crippen LogP contribution < -0.4 is 10.6 Å². The number of aliphatic hydroxyl groups excluding tert-OH is 1. The molecule has 2 atom stereocenters. The fourth-order valence-electron chi connectivity index (χ4n) is 1.93. The number of amides is 2. The van der Waals surface area contributed by atoms with Crippen LogP contribution in [0.5, 0.6) is 0 Å². The van der Waals surface area contributed by atoms with Gasteiger partial charge >= 0.3 is 12.0 Å². The van der Waals surface area contributed by atoms with Gasteiger partial charge in [0.1, 0.15) is 0 Å². The number of nitrogens with one attached hydrogen (secondary N) is 2. The third-order valence-electron chi connectivity index (χ3n) is 2.82. The van der Waals surface area contributed by atoms with E-state index in [4.69, 9.17) is 14.9 Å². The van der Waals surface area contributed by atoms with Crippen molar-refractivity contribution in [1.29, 1.82) is 0 Å². The van der Waals surface area contributed by atoms with Gasteiger partial charge in [-0.05, 0) is 26.7 Å². The lowest BCUT2D eigenvalue weighted by Gasteiger charge is -2.35. The fraction of sp³-hybridized carbons (Fsp3) is 0.818. The van der Waals surface area contributed by atoms with Crippen LogP contribution in [0.2, 0.25) is 0 Å². The number of carboxylic acids is 1. The molecule has 0 radical (unpaired) electrons. The van der Waals surface area contributed by atoms with E-state index in [1.807, 2.05) is 13.8 Å². The van der Waals surface area contributed by atoms with Crippen molar-refractivity contribution < 1.29 is 24.5 Å². The summed E-state index contributed by atoms with van der Waals surface area (Å²) >= 11 is 0. The molecule has 7 nitrogen and oxygen atoms in total. The average molecular weight is 260 g/mol. The number of hydrogen-bond donors (Lipinski definition) is 4. The molecule has 0 saturated carbocycles. The van der Waals surface area contributed by atoms with E-state index in [0.717, 1.165) is 0 Å². The van der Waals surface area contributed by atoms with Crippen LogP contribution >= 0.6 is 0 Å². The van der Waals surface area contributed by atoms with Crippen LogP contribution in [0.25, 0.3) is 0 Å². The summed E-state index contributed by atoms with van der Waals surface area (Å²) in [5, 5.41) is 22.4. The maximum Gasteiger partial charge on any atom is 0.328 e. The van der Waals surface area contributed by atoms with Gasteiger partial charge in [-0.2, -0.15) is 0 Å². The van der Waals surface area contributed by atoms with E-state index < -0.39 is 24.6 Å². The highest BCUT2D eigenvalue weighted by Gasteiger charge is 2.30. The Kier molecular flexibility index (Phi) is 4.92. The van der Waals surface area contributed by atoms with Crippen LogP contribution in [0.1, 0.15) is 26.7 Å². The van der Waals surface area contributed by atoms with Crippen molar-refractivity contribution in [3.63, 3.8) is 0 Å². The van der Waals surface area contributed by atoms with Gasteiger partial charge in [-0.1, -0.05) is 0 Å². The van der Waals surface area contributed by atoms with E-state index in [1.54, 1.807) is 0 Å². The number of carbonyl (C=O) groups excluding carboxylic acids is 1. The Balaban J connectivity index is 2.42. The molecule has 0 aromatic carbocycles. The molecule has 0 bridgehead atoms. The summed E-state index contributed by atoms with van der Waals surface area (Å²) in [4.78, 5) is 22.2. The minimum Gasteiger partial charge on any atom is -0.480 e. The van der Waals surface area contributed by atoms with Crippen molar-refractivity contribution in [3.8, 4) is 0 Å². The number of hydrogen-bond acceptors (Lipinski definition) is 4. The minimum atomic E-state index is -1.28. The molecule has 4 N–H and O–H groups in total. The molecule has 1 aliphatic rings. The Labute approximate surface area is 106 Å². The van der Waals surface area contributed by atoms with E-state index in [0.29, 0.717) is 19.4 Å². The summed E-state index contributed by atoms with van der Waals surface area (Å²) in [5.41, 5.74) is -0.292. The lowest BCUT2D eigenvalue weighted by molar-refractivity contribution is -0.140. The Morgan fingerprint density at radius 1 is 1.50 bits per heavy atom. The van der Waals surface area contributed by atoms with Crippen LogP contribution in [-0.4, -0.2) is 53.1 Å². The lowest BCUT2D eigenvalue weighted by atomic mass is 9.94. The zero-order valence-electron chi connectivity index (χ0n) is 10.6. The average Bonchev–Trinajstić information content (AvgIpc) is 2.23. The molecule has 1 fully saturated rings. The third-order valence-corrected chi connectivity index (χ3v) is 2.82. The first kappa shape index (κ1) is 14.7. The number of aliphatic carboxylic acids is 1. The number of carbonyl (C=O) groups is 2. The SMILES string of the molecule is CC1(C)CC(NC(=O)N[C@@H](CO)C(=O)O)CCO1. The topological polar surface area (TPSA) is 108 Å². The molecule has 1 saturated heterocycles. The second-order valence-corrected chi connectivity index (χ2v) is 4.99. The quantitative estimate of drug-likeness (QED) is 0.554. The van der Waals surface area contributed by atoms with E-state index in [9.17, 15) is 9.59 Å². The predicted octanol–water partition coefficient (Wildman–Crippen LogP) is -0.311. The van der Waals surface area contributed by atoms with Crippen LogP contribution in [0, 0.1) is 0 Å². The standard InChI is InChI=1S/C11H20N2O5/c1-11(2)5-7(3-4-18-11)12-10(17)13-8(6-14)9(15)16/h7-8,14H,3-6H2,1-2H3,(H,15,16)(H2,12,13,17)/t7?,8-/m0/s1. The maximum absolute atomic E-state index is 11.6. The Hall–Kier alpha value is -1.34. The molecule has 7 heteroatoms. The van der Waals surface area contributed by atoms with Crippen molar-refractivity contribution in [2.75, 3.05) is 13.2 Å². The summed E-state index contributed by atoms with van der Waals surface area (Å²) in [6.07, 6.45) is 1.35. The van der Waals surface area contributed by atoms with E-state index >= 15 is 0 Å². The van der Waals surface area contributed by atoms with Crippen LogP contribution in [0.4, 0.5) is 4.79 Å². The van der Waals surface area contributed by atoms with Gasteiger partial charge in [-0.25, -0.2) is 9.59 Å². The van der Waals surface area contributed by atoms with E-state index in [2.05, 4.69) is 10.6 Å². The summed E-state index contributed by atoms with van der Waals surface area (Å²) in [7, 11) is 0. The Morgan fingerprint density at radius 2 is 2.17 bits per heavy atom. The summed E-state index contributed by atoms with van der Waals surface area (Å²) in [6, 6.07) is -1.92.